The van der Waals surface area contributed by atoms with Crippen LogP contribution < -0.4 is 5.32 Å². The fourth-order valence-corrected chi connectivity index (χ4v) is 5.03. The molecule has 0 amide bonds. The summed E-state index contributed by atoms with van der Waals surface area (Å²) in [7, 11) is 0. The van der Waals surface area contributed by atoms with E-state index in [4.69, 9.17) is 51.1 Å². The van der Waals surface area contributed by atoms with Crippen molar-refractivity contribution in [1.29, 1.82) is 0 Å². The van der Waals surface area contributed by atoms with Gasteiger partial charge in [0.05, 0.1) is 31.5 Å². The van der Waals surface area contributed by atoms with Gasteiger partial charge in [-0.15, -0.1) is 0 Å². The van der Waals surface area contributed by atoms with Crippen LogP contribution in [0.5, 0.6) is 0 Å². The highest BCUT2D eigenvalue weighted by atomic mass is 35.5. The van der Waals surface area contributed by atoms with Gasteiger partial charge in [-0.25, -0.2) is 0 Å². The zero-order valence-electron chi connectivity index (χ0n) is 11.1. The van der Waals surface area contributed by atoms with Crippen molar-refractivity contribution in [2.24, 2.45) is 5.92 Å². The molecule has 0 radical (unpaired) electrons. The molecule has 2 aliphatic heterocycles. The van der Waals surface area contributed by atoms with Crippen molar-refractivity contribution in [2.45, 2.75) is 24.6 Å². The maximum absolute atomic E-state index is 12.4. The van der Waals surface area contributed by atoms with Crippen molar-refractivity contribution >= 4 is 63.3 Å². The van der Waals surface area contributed by atoms with Crippen molar-refractivity contribution in [3.05, 3.63) is 31.6 Å². The average Bonchev–Trinajstić information content (AvgIpc) is 2.93. The summed E-state index contributed by atoms with van der Waals surface area (Å²) in [5, 5.41) is 3.80. The van der Waals surface area contributed by atoms with Gasteiger partial charge in [0, 0.05) is 11.0 Å². The highest BCUT2D eigenvalue weighted by Gasteiger charge is 2.50. The number of hydrogen-bond donors (Lipinski definition) is 1. The van der Waals surface area contributed by atoms with Crippen molar-refractivity contribution in [3.63, 3.8) is 0 Å². The molecule has 0 saturated carbocycles. The number of rotatable bonds is 0. The zero-order valence-corrected chi connectivity index (χ0v) is 14.9. The van der Waals surface area contributed by atoms with Crippen LogP contribution in [0, 0.1) is 5.92 Å². The van der Waals surface area contributed by atoms with Crippen molar-refractivity contribution in [2.75, 3.05) is 6.61 Å². The van der Waals surface area contributed by atoms with E-state index >= 15 is 0 Å². The molecule has 0 aromatic heterocycles. The van der Waals surface area contributed by atoms with Crippen LogP contribution in [0.15, 0.2) is 31.6 Å². The topological polar surface area (TPSA) is 38.3 Å². The predicted molar refractivity (Wildman–Crippen MR) is 87.5 cm³/mol. The van der Waals surface area contributed by atoms with Crippen molar-refractivity contribution in [3.8, 4) is 0 Å². The van der Waals surface area contributed by atoms with Gasteiger partial charge in [-0.3, -0.25) is 4.79 Å². The standard InChI is InChI=1S/C13H11Cl4NO2S/c1-13(2)3-20-11(18-13)5-4-6(14)7(15)8(16)9(17)10(4)21-12(5)19/h4,10,18H,3H2,1-2H3/b11-5+/t4-,10-/m0/s1. The number of hydrogen-bond acceptors (Lipinski definition) is 4. The first-order valence-electron chi connectivity index (χ1n) is 6.20. The molecule has 2 fully saturated rings. The fourth-order valence-electron chi connectivity index (χ4n) is 2.47. The molecule has 0 spiro atoms. The summed E-state index contributed by atoms with van der Waals surface area (Å²) in [5.74, 6) is 0.0261. The summed E-state index contributed by atoms with van der Waals surface area (Å²) < 4.78 is 5.64. The van der Waals surface area contributed by atoms with E-state index in [2.05, 4.69) is 5.32 Å². The van der Waals surface area contributed by atoms with Crippen LogP contribution in [0.4, 0.5) is 0 Å². The summed E-state index contributed by atoms with van der Waals surface area (Å²) in [6, 6.07) is 0. The van der Waals surface area contributed by atoms with E-state index in [1.54, 1.807) is 0 Å². The zero-order chi connectivity index (χ0) is 15.5. The summed E-state index contributed by atoms with van der Waals surface area (Å²) in [6.07, 6.45) is 0. The molecule has 8 heteroatoms. The lowest BCUT2D eigenvalue weighted by atomic mass is 9.92. The van der Waals surface area contributed by atoms with E-state index in [1.165, 1.54) is 0 Å². The van der Waals surface area contributed by atoms with E-state index in [0.717, 1.165) is 11.8 Å². The maximum Gasteiger partial charge on any atom is 0.222 e. The van der Waals surface area contributed by atoms with E-state index in [-0.39, 0.29) is 26.0 Å². The fraction of sp³-hybridized carbons (Fsp3) is 0.462. The Morgan fingerprint density at radius 2 is 1.81 bits per heavy atom. The molecule has 1 aliphatic carbocycles. The Bertz CT molecular complexity index is 638. The van der Waals surface area contributed by atoms with Gasteiger partial charge in [0.15, 0.2) is 5.88 Å². The summed E-state index contributed by atoms with van der Waals surface area (Å²) in [6.45, 7) is 4.44. The van der Waals surface area contributed by atoms with Crippen LogP contribution in [0.3, 0.4) is 0 Å². The Hall–Kier alpha value is -0.000000000000000167. The molecule has 2 heterocycles. The Labute approximate surface area is 146 Å². The second-order valence-corrected chi connectivity index (χ2v) is 8.35. The van der Waals surface area contributed by atoms with Crippen LogP contribution >= 0.6 is 58.2 Å². The van der Waals surface area contributed by atoms with Gasteiger partial charge in [-0.2, -0.15) is 0 Å². The summed E-state index contributed by atoms with van der Waals surface area (Å²) in [4.78, 5) is 12.4. The van der Waals surface area contributed by atoms with E-state index in [1.807, 2.05) is 13.8 Å². The minimum atomic E-state index is -0.428. The monoisotopic (exact) mass is 385 g/mol. The maximum atomic E-state index is 12.4. The predicted octanol–water partition coefficient (Wildman–Crippen LogP) is 4.25. The highest BCUT2D eigenvalue weighted by molar-refractivity contribution is 8.15. The smallest absolute Gasteiger partial charge is 0.222 e. The number of halogens is 4. The van der Waals surface area contributed by atoms with Gasteiger partial charge < -0.3 is 10.1 Å². The number of carbonyl (C=O) groups is 1. The quantitative estimate of drug-likeness (QED) is 0.631. The Balaban J connectivity index is 2.11. The van der Waals surface area contributed by atoms with Gasteiger partial charge in [0.2, 0.25) is 5.12 Å². The molecular formula is C13H11Cl4NO2S. The molecule has 1 N–H and O–H groups in total. The van der Waals surface area contributed by atoms with Gasteiger partial charge in [0.25, 0.3) is 0 Å². The summed E-state index contributed by atoms with van der Waals surface area (Å²) in [5.41, 5.74) is 0.234. The van der Waals surface area contributed by atoms with Crippen LogP contribution in [0.2, 0.25) is 0 Å². The minimum Gasteiger partial charge on any atom is -0.476 e. The molecule has 3 aliphatic rings. The first kappa shape index (κ1) is 15.9. The second kappa shape index (κ2) is 5.27. The molecule has 21 heavy (non-hydrogen) atoms. The van der Waals surface area contributed by atoms with E-state index < -0.39 is 5.92 Å². The lowest BCUT2D eigenvalue weighted by Gasteiger charge is -2.25. The number of fused-ring (bicyclic) bond motifs is 1. The van der Waals surface area contributed by atoms with Gasteiger partial charge in [0.1, 0.15) is 6.61 Å². The molecule has 0 aromatic carbocycles. The third-order valence-corrected chi connectivity index (χ3v) is 6.73. The average molecular weight is 387 g/mol. The Morgan fingerprint density at radius 3 is 2.38 bits per heavy atom. The van der Waals surface area contributed by atoms with Crippen LogP contribution in [-0.4, -0.2) is 22.5 Å². The van der Waals surface area contributed by atoms with E-state index in [0.29, 0.717) is 28.1 Å². The number of thioether (sulfide) groups is 1. The molecule has 0 aromatic rings. The van der Waals surface area contributed by atoms with Crippen molar-refractivity contribution < 1.29 is 9.53 Å². The SMILES string of the molecule is CC1(C)CO/C(=C2/C(=O)S[C@@H]3C(Cl)=C(Cl)C(Cl)=C(Cl)[C@H]23)N1. The number of nitrogens with one attached hydrogen (secondary N) is 1. The molecule has 2 atom stereocenters. The van der Waals surface area contributed by atoms with Crippen molar-refractivity contribution in [1.82, 2.24) is 5.32 Å². The molecule has 114 valence electrons. The molecule has 0 unspecified atom stereocenters. The second-order valence-electron chi connectivity index (χ2n) is 5.67. The van der Waals surface area contributed by atoms with Crippen LogP contribution in [0.1, 0.15) is 13.8 Å². The normalized spacial score (nSPS) is 35.0. The molecule has 3 rings (SSSR count). The third kappa shape index (κ3) is 2.49. The highest BCUT2D eigenvalue weighted by Crippen LogP contribution is 2.55. The lowest BCUT2D eigenvalue weighted by Crippen LogP contribution is -2.35. The number of allylic oxidation sites excluding steroid dienone is 3. The molecule has 3 nitrogen and oxygen atoms in total. The van der Waals surface area contributed by atoms with Gasteiger partial charge >= 0.3 is 0 Å². The number of carbonyl (C=O) groups excluding carboxylic acids is 1. The molecule has 2 saturated heterocycles. The minimum absolute atomic E-state index is 0.127. The first-order valence-corrected chi connectivity index (χ1v) is 8.59. The first-order chi connectivity index (χ1) is 9.73. The third-order valence-electron chi connectivity index (χ3n) is 3.48. The van der Waals surface area contributed by atoms with Gasteiger partial charge in [-0.05, 0) is 13.8 Å². The Kier molecular flexibility index (Phi) is 3.99. The van der Waals surface area contributed by atoms with E-state index in [9.17, 15) is 4.79 Å². The number of ether oxygens (including phenoxy) is 1. The van der Waals surface area contributed by atoms with Crippen LogP contribution in [0.25, 0.3) is 0 Å². The van der Waals surface area contributed by atoms with Crippen LogP contribution in [-0.2, 0) is 9.53 Å². The Morgan fingerprint density at radius 1 is 1.19 bits per heavy atom. The molecule has 0 bridgehead atoms. The largest absolute Gasteiger partial charge is 0.476 e. The van der Waals surface area contributed by atoms with Gasteiger partial charge in [-0.1, -0.05) is 58.2 Å². The lowest BCUT2D eigenvalue weighted by molar-refractivity contribution is -0.108. The molecular weight excluding hydrogens is 376 g/mol. The summed E-state index contributed by atoms with van der Waals surface area (Å²) >= 11 is 25.8.